The van der Waals surface area contributed by atoms with E-state index in [-0.39, 0.29) is 5.69 Å². The molecule has 2 aliphatic carbocycles. The molecule has 2 aromatic rings. The molecule has 2 aromatic heterocycles. The van der Waals surface area contributed by atoms with Crippen molar-refractivity contribution in [1.29, 1.82) is 0 Å². The predicted octanol–water partition coefficient (Wildman–Crippen LogP) is 0.758. The number of hydrogen-bond acceptors (Lipinski definition) is 5. The summed E-state index contributed by atoms with van der Waals surface area (Å²) in [6, 6.07) is 0. The van der Waals surface area contributed by atoms with Crippen molar-refractivity contribution in [2.24, 2.45) is 7.05 Å². The Morgan fingerprint density at radius 2 is 2.00 bits per heavy atom. The van der Waals surface area contributed by atoms with Gasteiger partial charge in [-0.2, -0.15) is 5.10 Å². The molecule has 0 bridgehead atoms. The highest BCUT2D eigenvalue weighted by Crippen LogP contribution is 2.40. The summed E-state index contributed by atoms with van der Waals surface area (Å²) in [4.78, 5) is 24.1. The first-order chi connectivity index (χ1) is 11.2. The van der Waals surface area contributed by atoms with Gasteiger partial charge in [0.1, 0.15) is 11.6 Å². The third-order valence-electron chi connectivity index (χ3n) is 5.18. The minimum absolute atomic E-state index is 0.0220. The molecule has 0 aromatic carbocycles. The number of fused-ring (bicyclic) bond motifs is 2. The Morgan fingerprint density at radius 1 is 1.13 bits per heavy atom. The van der Waals surface area contributed by atoms with E-state index < -0.39 is 0 Å². The lowest BCUT2D eigenvalue weighted by Gasteiger charge is -2.29. The number of hydrogen-bond donors (Lipinski definition) is 0. The van der Waals surface area contributed by atoms with Gasteiger partial charge in [0.2, 0.25) is 0 Å². The van der Waals surface area contributed by atoms with E-state index in [0.717, 1.165) is 36.9 Å². The molecule has 3 aliphatic rings. The van der Waals surface area contributed by atoms with Gasteiger partial charge in [0, 0.05) is 37.3 Å². The molecular formula is C16H20N6O. The summed E-state index contributed by atoms with van der Waals surface area (Å²) in [5, 5.41) is 4.37. The minimum Gasteiger partial charge on any atom is -0.347 e. The molecule has 1 aliphatic heterocycles. The maximum absolute atomic E-state index is 12.0. The zero-order valence-corrected chi connectivity index (χ0v) is 13.3. The molecule has 0 unspecified atom stereocenters. The van der Waals surface area contributed by atoms with Crippen LogP contribution in [0.15, 0.2) is 4.79 Å². The standard InChI is InChI=1S/C16H20N6O/c1-20-16(23)22-8-7-21(9-13(22)19-20)15-11-3-2-4-12(11)17-14(18-15)10-5-6-10/h10H,2-9H2,1H3. The number of nitrogens with zero attached hydrogens (tertiary/aromatic N) is 6. The molecule has 0 N–H and O–H groups in total. The average Bonchev–Trinajstić information content (AvgIpc) is 3.23. The van der Waals surface area contributed by atoms with E-state index in [4.69, 9.17) is 9.97 Å². The van der Waals surface area contributed by atoms with Crippen LogP contribution in [0.3, 0.4) is 0 Å². The second-order valence-corrected chi connectivity index (χ2v) is 6.85. The van der Waals surface area contributed by atoms with E-state index in [0.29, 0.717) is 19.0 Å². The van der Waals surface area contributed by atoms with Gasteiger partial charge in [0.05, 0.1) is 6.54 Å². The number of aryl methyl sites for hydroxylation is 2. The third kappa shape index (κ3) is 2.02. The van der Waals surface area contributed by atoms with Crippen molar-refractivity contribution in [3.05, 3.63) is 33.4 Å². The predicted molar refractivity (Wildman–Crippen MR) is 84.6 cm³/mol. The lowest BCUT2D eigenvalue weighted by atomic mass is 10.2. The number of anilines is 1. The summed E-state index contributed by atoms with van der Waals surface area (Å²) in [6.45, 7) is 2.15. The van der Waals surface area contributed by atoms with E-state index in [2.05, 4.69) is 10.00 Å². The van der Waals surface area contributed by atoms with Gasteiger partial charge in [-0.25, -0.2) is 19.4 Å². The lowest BCUT2D eigenvalue weighted by Crippen LogP contribution is -2.38. The van der Waals surface area contributed by atoms with Crippen LogP contribution in [-0.2, 0) is 33.0 Å². The van der Waals surface area contributed by atoms with Crippen molar-refractivity contribution in [2.75, 3.05) is 11.4 Å². The second-order valence-electron chi connectivity index (χ2n) is 6.85. The van der Waals surface area contributed by atoms with Crippen molar-refractivity contribution in [3.63, 3.8) is 0 Å². The molecule has 0 radical (unpaired) electrons. The van der Waals surface area contributed by atoms with Crippen molar-refractivity contribution >= 4 is 5.82 Å². The van der Waals surface area contributed by atoms with Crippen LogP contribution in [0.2, 0.25) is 0 Å². The van der Waals surface area contributed by atoms with Crippen molar-refractivity contribution in [2.45, 2.75) is 51.1 Å². The van der Waals surface area contributed by atoms with Crippen LogP contribution in [0.25, 0.3) is 0 Å². The zero-order valence-electron chi connectivity index (χ0n) is 13.3. The first kappa shape index (κ1) is 13.3. The van der Waals surface area contributed by atoms with Crippen LogP contribution in [0.1, 0.15) is 48.1 Å². The fourth-order valence-electron chi connectivity index (χ4n) is 3.76. The Kier molecular flexibility index (Phi) is 2.69. The lowest BCUT2D eigenvalue weighted by molar-refractivity contribution is 0.542. The maximum atomic E-state index is 12.0. The average molecular weight is 312 g/mol. The molecule has 0 spiro atoms. The zero-order chi connectivity index (χ0) is 15.6. The summed E-state index contributed by atoms with van der Waals surface area (Å²) in [6.07, 6.45) is 5.76. The second kappa shape index (κ2) is 4.66. The van der Waals surface area contributed by atoms with Crippen LogP contribution < -0.4 is 10.6 Å². The van der Waals surface area contributed by atoms with E-state index in [9.17, 15) is 4.79 Å². The molecule has 0 saturated heterocycles. The van der Waals surface area contributed by atoms with Gasteiger partial charge in [-0.3, -0.25) is 4.57 Å². The Balaban J connectivity index is 1.56. The summed E-state index contributed by atoms with van der Waals surface area (Å²) in [7, 11) is 1.71. The molecule has 0 atom stereocenters. The van der Waals surface area contributed by atoms with Gasteiger partial charge in [-0.15, -0.1) is 0 Å². The summed E-state index contributed by atoms with van der Waals surface area (Å²) >= 11 is 0. The fraction of sp³-hybridized carbons (Fsp3) is 0.625. The van der Waals surface area contributed by atoms with Crippen LogP contribution in [0.5, 0.6) is 0 Å². The van der Waals surface area contributed by atoms with Crippen molar-refractivity contribution < 1.29 is 0 Å². The van der Waals surface area contributed by atoms with Crippen LogP contribution >= 0.6 is 0 Å². The van der Waals surface area contributed by atoms with Gasteiger partial charge >= 0.3 is 5.69 Å². The summed E-state index contributed by atoms with van der Waals surface area (Å²) in [5.74, 6) is 3.53. The molecular weight excluding hydrogens is 292 g/mol. The molecule has 5 rings (SSSR count). The third-order valence-corrected chi connectivity index (χ3v) is 5.18. The summed E-state index contributed by atoms with van der Waals surface area (Å²) in [5.41, 5.74) is 2.55. The molecule has 0 amide bonds. The Morgan fingerprint density at radius 3 is 2.83 bits per heavy atom. The normalized spacial score (nSPS) is 19.8. The molecule has 7 nitrogen and oxygen atoms in total. The smallest absolute Gasteiger partial charge is 0.345 e. The highest BCUT2D eigenvalue weighted by molar-refractivity contribution is 5.52. The molecule has 120 valence electrons. The quantitative estimate of drug-likeness (QED) is 0.819. The van der Waals surface area contributed by atoms with E-state index in [1.165, 1.54) is 35.2 Å². The van der Waals surface area contributed by atoms with E-state index in [1.807, 2.05) is 0 Å². The van der Waals surface area contributed by atoms with Gasteiger partial charge in [-0.1, -0.05) is 0 Å². The highest BCUT2D eigenvalue weighted by Gasteiger charge is 2.32. The molecule has 3 heterocycles. The van der Waals surface area contributed by atoms with E-state index in [1.54, 1.807) is 11.6 Å². The first-order valence-electron chi connectivity index (χ1n) is 8.48. The van der Waals surface area contributed by atoms with Crippen LogP contribution in [0, 0.1) is 0 Å². The van der Waals surface area contributed by atoms with Crippen LogP contribution in [0.4, 0.5) is 5.82 Å². The monoisotopic (exact) mass is 312 g/mol. The van der Waals surface area contributed by atoms with Crippen molar-refractivity contribution in [3.8, 4) is 0 Å². The molecule has 1 fully saturated rings. The number of rotatable bonds is 2. The Bertz CT molecular complexity index is 847. The summed E-state index contributed by atoms with van der Waals surface area (Å²) < 4.78 is 3.21. The number of aromatic nitrogens is 5. The largest absolute Gasteiger partial charge is 0.347 e. The SMILES string of the molecule is Cn1nc2n(c1=O)CCN(c1nc(C3CC3)nc3c1CCC3)C2. The Hall–Kier alpha value is -2.18. The van der Waals surface area contributed by atoms with Gasteiger partial charge in [0.15, 0.2) is 5.82 Å². The minimum atomic E-state index is -0.0220. The molecule has 7 heteroatoms. The highest BCUT2D eigenvalue weighted by atomic mass is 16.2. The molecule has 23 heavy (non-hydrogen) atoms. The molecule has 1 saturated carbocycles. The fourth-order valence-corrected chi connectivity index (χ4v) is 3.76. The van der Waals surface area contributed by atoms with Crippen molar-refractivity contribution in [1.82, 2.24) is 24.3 Å². The maximum Gasteiger partial charge on any atom is 0.345 e. The topological polar surface area (TPSA) is 68.8 Å². The van der Waals surface area contributed by atoms with Gasteiger partial charge in [-0.05, 0) is 32.1 Å². The van der Waals surface area contributed by atoms with Gasteiger partial charge < -0.3 is 4.90 Å². The first-order valence-corrected chi connectivity index (χ1v) is 8.48. The van der Waals surface area contributed by atoms with Crippen LogP contribution in [-0.4, -0.2) is 30.9 Å². The van der Waals surface area contributed by atoms with Gasteiger partial charge in [0.25, 0.3) is 0 Å². The van der Waals surface area contributed by atoms with E-state index >= 15 is 0 Å². The Labute approximate surface area is 134 Å².